The molecule has 0 bridgehead atoms. The first-order valence-corrected chi connectivity index (χ1v) is 9.08. The van der Waals surface area contributed by atoms with Gasteiger partial charge >= 0.3 is 12.2 Å². The van der Waals surface area contributed by atoms with Crippen molar-refractivity contribution in [2.24, 2.45) is 0 Å². The smallest absolute Gasteiger partial charge is 0.416 e. The maximum absolute atomic E-state index is 13.5. The number of alkyl halides is 3. The molecule has 6 nitrogen and oxygen atoms in total. The largest absolute Gasteiger partial charge is 0.421 e. The summed E-state index contributed by atoms with van der Waals surface area (Å²) < 4.78 is 83.0. The number of halogens is 4. The zero-order valence-electron chi connectivity index (χ0n) is 13.8. The molecule has 0 radical (unpaired) electrons. The third-order valence-electron chi connectivity index (χ3n) is 3.41. The highest BCUT2D eigenvalue weighted by molar-refractivity contribution is 7.92. The normalized spacial score (nSPS) is 11.9. The molecule has 11 heteroatoms. The standard InChI is InChI=1S/C17H11F4N3O3S/c18-14-3-1-2-4-15(14)27-16-22-9-12(10-23-16)24-28(25,26)13-7-5-11(6-8-13)17(19,20)21/h1-10,24H. The zero-order chi connectivity index (χ0) is 20.4. The van der Waals surface area contributed by atoms with Gasteiger partial charge in [0.05, 0.1) is 28.5 Å². The molecular formula is C17H11F4N3O3S. The van der Waals surface area contributed by atoms with E-state index in [-0.39, 0.29) is 22.3 Å². The van der Waals surface area contributed by atoms with Crippen molar-refractivity contribution < 1.29 is 30.7 Å². The van der Waals surface area contributed by atoms with Crippen LogP contribution >= 0.6 is 0 Å². The summed E-state index contributed by atoms with van der Waals surface area (Å²) in [6.45, 7) is 0. The highest BCUT2D eigenvalue weighted by Crippen LogP contribution is 2.30. The Hall–Kier alpha value is -3.21. The Bertz CT molecular complexity index is 1070. The summed E-state index contributed by atoms with van der Waals surface area (Å²) in [5, 5.41) is 0. The number of hydrogen-bond donors (Lipinski definition) is 1. The second-order valence-electron chi connectivity index (χ2n) is 5.41. The minimum absolute atomic E-state index is 0.0548. The molecule has 146 valence electrons. The van der Waals surface area contributed by atoms with Crippen molar-refractivity contribution in [2.45, 2.75) is 11.1 Å². The molecule has 0 aliphatic rings. The van der Waals surface area contributed by atoms with E-state index >= 15 is 0 Å². The highest BCUT2D eigenvalue weighted by Gasteiger charge is 2.30. The summed E-state index contributed by atoms with van der Waals surface area (Å²) >= 11 is 0. The molecule has 0 aliphatic carbocycles. The fourth-order valence-corrected chi connectivity index (χ4v) is 3.11. The SMILES string of the molecule is O=S(=O)(Nc1cnc(Oc2ccccc2F)nc1)c1ccc(C(F)(F)F)cc1. The molecule has 2 aromatic carbocycles. The molecular weight excluding hydrogens is 402 g/mol. The highest BCUT2D eigenvalue weighted by atomic mass is 32.2. The van der Waals surface area contributed by atoms with Gasteiger partial charge in [0.1, 0.15) is 0 Å². The molecule has 0 amide bonds. The van der Waals surface area contributed by atoms with Crippen molar-refractivity contribution in [3.8, 4) is 11.8 Å². The van der Waals surface area contributed by atoms with Crippen molar-refractivity contribution in [1.29, 1.82) is 0 Å². The lowest BCUT2D eigenvalue weighted by atomic mass is 10.2. The van der Waals surface area contributed by atoms with Crippen molar-refractivity contribution in [2.75, 3.05) is 4.72 Å². The second-order valence-corrected chi connectivity index (χ2v) is 7.10. The zero-order valence-corrected chi connectivity index (χ0v) is 14.6. The topological polar surface area (TPSA) is 81.2 Å². The summed E-state index contributed by atoms with van der Waals surface area (Å²) in [5.41, 5.74) is -1.02. The summed E-state index contributed by atoms with van der Waals surface area (Å²) in [6, 6.07) is 8.34. The maximum Gasteiger partial charge on any atom is 0.416 e. The molecule has 28 heavy (non-hydrogen) atoms. The number of aromatic nitrogens is 2. The number of ether oxygens (including phenoxy) is 1. The first-order chi connectivity index (χ1) is 13.1. The van der Waals surface area contributed by atoms with Crippen LogP contribution in [0.15, 0.2) is 65.8 Å². The molecule has 3 rings (SSSR count). The Balaban J connectivity index is 1.73. The number of para-hydroxylation sites is 1. The van der Waals surface area contributed by atoms with Crippen LogP contribution in [-0.4, -0.2) is 18.4 Å². The second kappa shape index (κ2) is 7.43. The van der Waals surface area contributed by atoms with Gasteiger partial charge in [0.25, 0.3) is 10.0 Å². The number of sulfonamides is 1. The van der Waals surface area contributed by atoms with E-state index in [2.05, 4.69) is 14.7 Å². The number of hydrogen-bond acceptors (Lipinski definition) is 5. The number of benzene rings is 2. The predicted octanol–water partition coefficient (Wildman–Crippen LogP) is 4.23. The van der Waals surface area contributed by atoms with Crippen molar-refractivity contribution in [3.05, 3.63) is 72.3 Å². The van der Waals surface area contributed by atoms with Crippen LogP contribution in [0.3, 0.4) is 0 Å². The van der Waals surface area contributed by atoms with Crippen LogP contribution in [0.25, 0.3) is 0 Å². The Morgan fingerprint density at radius 3 is 2.11 bits per heavy atom. The molecule has 1 N–H and O–H groups in total. The number of rotatable bonds is 5. The summed E-state index contributed by atoms with van der Waals surface area (Å²) in [6.07, 6.45) is -2.42. The van der Waals surface area contributed by atoms with Crippen LogP contribution in [0.5, 0.6) is 11.8 Å². The van der Waals surface area contributed by atoms with Crippen molar-refractivity contribution >= 4 is 15.7 Å². The molecule has 0 saturated heterocycles. The summed E-state index contributed by atoms with van der Waals surface area (Å²) in [4.78, 5) is 7.16. The monoisotopic (exact) mass is 413 g/mol. The van der Waals surface area contributed by atoms with E-state index in [1.807, 2.05) is 0 Å². The van der Waals surface area contributed by atoms with Crippen molar-refractivity contribution in [3.63, 3.8) is 0 Å². The van der Waals surface area contributed by atoms with E-state index in [9.17, 15) is 26.0 Å². The van der Waals surface area contributed by atoms with E-state index in [4.69, 9.17) is 4.74 Å². The van der Waals surface area contributed by atoms with Gasteiger partial charge in [0.15, 0.2) is 11.6 Å². The predicted molar refractivity (Wildman–Crippen MR) is 90.8 cm³/mol. The Labute approximate surface area is 156 Å². The average molecular weight is 413 g/mol. The van der Waals surface area contributed by atoms with Gasteiger partial charge in [-0.15, -0.1) is 0 Å². The quantitative estimate of drug-likeness (QED) is 0.634. The maximum atomic E-state index is 13.5. The lowest BCUT2D eigenvalue weighted by molar-refractivity contribution is -0.137. The van der Waals surface area contributed by atoms with Gasteiger partial charge in [-0.25, -0.2) is 22.8 Å². The molecule has 0 unspecified atom stereocenters. The molecule has 0 saturated carbocycles. The molecule has 0 atom stereocenters. The number of nitrogens with zero attached hydrogens (tertiary/aromatic N) is 2. The first-order valence-electron chi connectivity index (χ1n) is 7.60. The molecule has 1 heterocycles. The fourth-order valence-electron chi connectivity index (χ4n) is 2.08. The van der Waals surface area contributed by atoms with Crippen LogP contribution in [0, 0.1) is 5.82 Å². The Morgan fingerprint density at radius 2 is 1.54 bits per heavy atom. The molecule has 0 aliphatic heterocycles. The minimum Gasteiger partial charge on any atom is -0.421 e. The number of nitrogens with one attached hydrogen (secondary N) is 1. The van der Waals surface area contributed by atoms with Gasteiger partial charge in [-0.3, -0.25) is 4.72 Å². The molecule has 0 spiro atoms. The Morgan fingerprint density at radius 1 is 0.929 bits per heavy atom. The van der Waals surface area contributed by atoms with Crippen LogP contribution in [0.1, 0.15) is 5.56 Å². The van der Waals surface area contributed by atoms with Gasteiger partial charge in [-0.1, -0.05) is 12.1 Å². The summed E-state index contributed by atoms with van der Waals surface area (Å²) in [7, 11) is -4.15. The molecule has 1 aromatic heterocycles. The van der Waals surface area contributed by atoms with E-state index in [0.717, 1.165) is 24.5 Å². The van der Waals surface area contributed by atoms with E-state index < -0.39 is 27.6 Å². The van der Waals surface area contributed by atoms with E-state index in [1.165, 1.54) is 18.2 Å². The van der Waals surface area contributed by atoms with Gasteiger partial charge in [0, 0.05) is 0 Å². The summed E-state index contributed by atoms with van der Waals surface area (Å²) in [5.74, 6) is -0.737. The lowest BCUT2D eigenvalue weighted by Gasteiger charge is -2.10. The number of anilines is 1. The van der Waals surface area contributed by atoms with Crippen LogP contribution in [-0.2, 0) is 16.2 Å². The van der Waals surface area contributed by atoms with Gasteiger partial charge in [0.2, 0.25) is 0 Å². The molecule has 3 aromatic rings. The third kappa shape index (κ3) is 4.55. The van der Waals surface area contributed by atoms with Gasteiger partial charge in [-0.2, -0.15) is 13.2 Å². The van der Waals surface area contributed by atoms with E-state index in [1.54, 1.807) is 6.07 Å². The average Bonchev–Trinajstić information content (AvgIpc) is 2.64. The lowest BCUT2D eigenvalue weighted by Crippen LogP contribution is -2.14. The Kier molecular flexibility index (Phi) is 5.18. The van der Waals surface area contributed by atoms with Crippen LogP contribution in [0.2, 0.25) is 0 Å². The van der Waals surface area contributed by atoms with Crippen LogP contribution < -0.4 is 9.46 Å². The minimum atomic E-state index is -4.57. The third-order valence-corrected chi connectivity index (χ3v) is 4.81. The first kappa shape index (κ1) is 19.5. The van der Waals surface area contributed by atoms with Gasteiger partial charge < -0.3 is 4.74 Å². The van der Waals surface area contributed by atoms with Crippen molar-refractivity contribution in [1.82, 2.24) is 9.97 Å². The van der Waals surface area contributed by atoms with Crippen LogP contribution in [0.4, 0.5) is 23.2 Å². The van der Waals surface area contributed by atoms with Gasteiger partial charge in [-0.05, 0) is 36.4 Å². The molecule has 0 fully saturated rings. The fraction of sp³-hybridized carbons (Fsp3) is 0.0588. The van der Waals surface area contributed by atoms with E-state index in [0.29, 0.717) is 12.1 Å².